The molecule has 0 unspecified atom stereocenters. The average molecular weight is 333 g/mol. The Kier molecular flexibility index (Phi) is 6.19. The lowest BCUT2D eigenvalue weighted by molar-refractivity contribution is -0.114. The standard InChI is InChI=1S/C23H27NO/c25-22(14-13-20-9-3-1-4-10-20)15-18-24-19-23(16-7-8-17-23)21-11-5-2-6-12-21/h1-6,9-14,24H,7-8,15-19H2/b14-13+. The summed E-state index contributed by atoms with van der Waals surface area (Å²) in [6.07, 6.45) is 9.22. The first-order valence-electron chi connectivity index (χ1n) is 9.31. The molecule has 0 spiro atoms. The van der Waals surface area contributed by atoms with Crippen molar-refractivity contribution in [2.75, 3.05) is 13.1 Å². The second-order valence-corrected chi connectivity index (χ2v) is 6.99. The first kappa shape index (κ1) is 17.6. The fraction of sp³-hybridized carbons (Fsp3) is 0.348. The normalized spacial score (nSPS) is 16.3. The second kappa shape index (κ2) is 8.77. The minimum atomic E-state index is 0.177. The first-order chi connectivity index (χ1) is 12.3. The van der Waals surface area contributed by atoms with Gasteiger partial charge >= 0.3 is 0 Å². The first-order valence-corrected chi connectivity index (χ1v) is 9.31. The topological polar surface area (TPSA) is 29.1 Å². The van der Waals surface area contributed by atoms with Gasteiger partial charge in [-0.05, 0) is 30.0 Å². The number of hydrogen-bond acceptors (Lipinski definition) is 2. The van der Waals surface area contributed by atoms with Gasteiger partial charge in [-0.15, -0.1) is 0 Å². The summed E-state index contributed by atoms with van der Waals surface area (Å²) in [5.41, 5.74) is 2.76. The van der Waals surface area contributed by atoms with Crippen LogP contribution in [0.4, 0.5) is 0 Å². The van der Waals surface area contributed by atoms with Crippen LogP contribution in [0, 0.1) is 0 Å². The Labute approximate surface area is 151 Å². The average Bonchev–Trinajstić information content (AvgIpc) is 3.15. The number of hydrogen-bond donors (Lipinski definition) is 1. The molecule has 2 aromatic carbocycles. The van der Waals surface area contributed by atoms with Crippen LogP contribution in [0.3, 0.4) is 0 Å². The largest absolute Gasteiger partial charge is 0.315 e. The van der Waals surface area contributed by atoms with E-state index in [9.17, 15) is 4.79 Å². The lowest BCUT2D eigenvalue weighted by Gasteiger charge is -2.30. The molecule has 130 valence electrons. The molecular weight excluding hydrogens is 306 g/mol. The summed E-state index contributed by atoms with van der Waals surface area (Å²) in [6, 6.07) is 20.8. The molecule has 2 heteroatoms. The van der Waals surface area contributed by atoms with Crippen molar-refractivity contribution in [2.24, 2.45) is 0 Å². The van der Waals surface area contributed by atoms with E-state index >= 15 is 0 Å². The van der Waals surface area contributed by atoms with Gasteiger partial charge in [-0.3, -0.25) is 4.79 Å². The molecule has 1 saturated carbocycles. The Morgan fingerprint density at radius 2 is 1.60 bits per heavy atom. The molecule has 1 aliphatic carbocycles. The van der Waals surface area contributed by atoms with Gasteiger partial charge in [0.15, 0.2) is 5.78 Å². The number of carbonyl (C=O) groups is 1. The van der Waals surface area contributed by atoms with E-state index in [1.54, 1.807) is 6.08 Å². The highest BCUT2D eigenvalue weighted by atomic mass is 16.1. The molecular formula is C23H27NO. The summed E-state index contributed by atoms with van der Waals surface area (Å²) < 4.78 is 0. The van der Waals surface area contributed by atoms with Crippen molar-refractivity contribution < 1.29 is 4.79 Å². The molecule has 0 atom stereocenters. The van der Waals surface area contributed by atoms with E-state index < -0.39 is 0 Å². The molecule has 0 amide bonds. The predicted molar refractivity (Wildman–Crippen MR) is 105 cm³/mol. The Morgan fingerprint density at radius 1 is 0.960 bits per heavy atom. The molecule has 1 fully saturated rings. The maximum Gasteiger partial charge on any atom is 0.156 e. The van der Waals surface area contributed by atoms with E-state index in [2.05, 4.69) is 35.6 Å². The van der Waals surface area contributed by atoms with Gasteiger partial charge in [0.1, 0.15) is 0 Å². The van der Waals surface area contributed by atoms with Crippen LogP contribution >= 0.6 is 0 Å². The SMILES string of the molecule is O=C(/C=C/c1ccccc1)CCNCC1(c2ccccc2)CCCC1. The number of benzene rings is 2. The highest BCUT2D eigenvalue weighted by molar-refractivity contribution is 5.93. The van der Waals surface area contributed by atoms with Gasteiger partial charge in [0.25, 0.3) is 0 Å². The zero-order valence-corrected chi connectivity index (χ0v) is 14.8. The van der Waals surface area contributed by atoms with Crippen LogP contribution < -0.4 is 5.32 Å². The molecule has 2 aromatic rings. The third-order valence-electron chi connectivity index (χ3n) is 5.22. The number of nitrogens with one attached hydrogen (secondary N) is 1. The Morgan fingerprint density at radius 3 is 2.28 bits per heavy atom. The van der Waals surface area contributed by atoms with Crippen LogP contribution in [0.2, 0.25) is 0 Å². The number of allylic oxidation sites excluding steroid dienone is 1. The number of ketones is 1. The van der Waals surface area contributed by atoms with Crippen molar-refractivity contribution in [1.82, 2.24) is 5.32 Å². The highest BCUT2D eigenvalue weighted by Gasteiger charge is 2.34. The van der Waals surface area contributed by atoms with Crippen molar-refractivity contribution in [2.45, 2.75) is 37.5 Å². The van der Waals surface area contributed by atoms with Crippen molar-refractivity contribution >= 4 is 11.9 Å². The Hall–Kier alpha value is -2.19. The molecule has 1 aliphatic rings. The lowest BCUT2D eigenvalue weighted by Crippen LogP contribution is -2.36. The summed E-state index contributed by atoms with van der Waals surface area (Å²) in [4.78, 5) is 12.0. The summed E-state index contributed by atoms with van der Waals surface area (Å²) >= 11 is 0. The second-order valence-electron chi connectivity index (χ2n) is 6.99. The predicted octanol–water partition coefficient (Wildman–Crippen LogP) is 4.76. The molecule has 0 aromatic heterocycles. The fourth-order valence-corrected chi connectivity index (χ4v) is 3.79. The highest BCUT2D eigenvalue weighted by Crippen LogP contribution is 2.40. The molecule has 0 saturated heterocycles. The van der Waals surface area contributed by atoms with Gasteiger partial charge in [-0.25, -0.2) is 0 Å². The van der Waals surface area contributed by atoms with E-state index in [4.69, 9.17) is 0 Å². The van der Waals surface area contributed by atoms with Crippen molar-refractivity contribution in [3.05, 3.63) is 77.9 Å². The molecule has 25 heavy (non-hydrogen) atoms. The van der Waals surface area contributed by atoms with Gasteiger partial charge in [-0.2, -0.15) is 0 Å². The molecule has 0 aliphatic heterocycles. The summed E-state index contributed by atoms with van der Waals surface area (Å²) in [6.45, 7) is 1.71. The van der Waals surface area contributed by atoms with Gasteiger partial charge in [0.2, 0.25) is 0 Å². The van der Waals surface area contributed by atoms with E-state index in [0.29, 0.717) is 6.42 Å². The van der Waals surface area contributed by atoms with Crippen molar-refractivity contribution in [3.63, 3.8) is 0 Å². The minimum absolute atomic E-state index is 0.177. The smallest absolute Gasteiger partial charge is 0.156 e. The van der Waals surface area contributed by atoms with Crippen LogP contribution in [-0.4, -0.2) is 18.9 Å². The van der Waals surface area contributed by atoms with Crippen LogP contribution in [0.15, 0.2) is 66.7 Å². The summed E-state index contributed by atoms with van der Waals surface area (Å²) in [5, 5.41) is 3.54. The van der Waals surface area contributed by atoms with Gasteiger partial charge in [-0.1, -0.05) is 79.6 Å². The number of rotatable bonds is 8. The van der Waals surface area contributed by atoms with Crippen molar-refractivity contribution in [1.29, 1.82) is 0 Å². The van der Waals surface area contributed by atoms with Crippen molar-refractivity contribution in [3.8, 4) is 0 Å². The Balaban J connectivity index is 1.47. The number of carbonyl (C=O) groups excluding carboxylic acids is 1. The van der Waals surface area contributed by atoms with Crippen LogP contribution in [0.5, 0.6) is 0 Å². The zero-order chi connectivity index (χ0) is 17.4. The summed E-state index contributed by atoms with van der Waals surface area (Å²) in [5.74, 6) is 0.177. The molecule has 0 heterocycles. The van der Waals surface area contributed by atoms with Crippen LogP contribution in [0.1, 0.15) is 43.2 Å². The van der Waals surface area contributed by atoms with E-state index in [1.165, 1.54) is 31.2 Å². The summed E-state index contributed by atoms with van der Waals surface area (Å²) in [7, 11) is 0. The molecule has 0 radical (unpaired) electrons. The third-order valence-corrected chi connectivity index (χ3v) is 5.22. The maximum absolute atomic E-state index is 12.0. The molecule has 2 nitrogen and oxygen atoms in total. The minimum Gasteiger partial charge on any atom is -0.315 e. The molecule has 0 bridgehead atoms. The van der Waals surface area contributed by atoms with Gasteiger partial charge in [0.05, 0.1) is 0 Å². The zero-order valence-electron chi connectivity index (χ0n) is 14.8. The van der Waals surface area contributed by atoms with Gasteiger partial charge in [0, 0.05) is 24.9 Å². The lowest BCUT2D eigenvalue weighted by atomic mass is 9.79. The maximum atomic E-state index is 12.0. The molecule has 3 rings (SSSR count). The Bertz CT molecular complexity index is 685. The van der Waals surface area contributed by atoms with Gasteiger partial charge < -0.3 is 5.32 Å². The fourth-order valence-electron chi connectivity index (χ4n) is 3.79. The van der Waals surface area contributed by atoms with E-state index in [1.807, 2.05) is 36.4 Å². The van der Waals surface area contributed by atoms with Crippen LogP contribution in [-0.2, 0) is 10.2 Å². The third kappa shape index (κ3) is 4.90. The van der Waals surface area contributed by atoms with E-state index in [0.717, 1.165) is 18.7 Å². The van der Waals surface area contributed by atoms with Crippen LogP contribution in [0.25, 0.3) is 6.08 Å². The van der Waals surface area contributed by atoms with E-state index in [-0.39, 0.29) is 11.2 Å². The quantitative estimate of drug-likeness (QED) is 0.557. The monoisotopic (exact) mass is 333 g/mol. The molecule has 1 N–H and O–H groups in total.